The molecular weight excluding hydrogens is 258 g/mol. The molecule has 0 saturated carbocycles. The van der Waals surface area contributed by atoms with Crippen LogP contribution < -0.4 is 10.1 Å². The number of fused-ring (bicyclic) bond motifs is 1. The standard InChI is InChI=1S/C19H23NO/c1-4-20-17-13-19(2,3)21-18-15(11-8-12-16(17)18)14-9-6-5-7-10-14/h5-12,17,20H,4,13H2,1-3H3. The molecule has 0 amide bonds. The van der Waals surface area contributed by atoms with E-state index in [-0.39, 0.29) is 5.60 Å². The fraction of sp³-hybridized carbons (Fsp3) is 0.368. The van der Waals surface area contributed by atoms with Crippen LogP contribution in [0.4, 0.5) is 0 Å². The summed E-state index contributed by atoms with van der Waals surface area (Å²) in [5.74, 6) is 1.03. The normalized spacial score (nSPS) is 19.7. The number of hydrogen-bond donors (Lipinski definition) is 1. The minimum absolute atomic E-state index is 0.148. The van der Waals surface area contributed by atoms with Crippen molar-refractivity contribution in [2.45, 2.75) is 38.8 Å². The van der Waals surface area contributed by atoms with Gasteiger partial charge in [0.25, 0.3) is 0 Å². The van der Waals surface area contributed by atoms with E-state index in [0.717, 1.165) is 18.7 Å². The first-order valence-corrected chi connectivity index (χ1v) is 7.71. The van der Waals surface area contributed by atoms with Crippen LogP contribution in [0.1, 0.15) is 38.8 Å². The molecule has 2 aromatic carbocycles. The van der Waals surface area contributed by atoms with Gasteiger partial charge in [0.1, 0.15) is 11.4 Å². The molecule has 1 aliphatic heterocycles. The van der Waals surface area contributed by atoms with Gasteiger partial charge < -0.3 is 10.1 Å². The lowest BCUT2D eigenvalue weighted by molar-refractivity contribution is 0.0672. The van der Waals surface area contributed by atoms with Gasteiger partial charge in [0.05, 0.1) is 0 Å². The van der Waals surface area contributed by atoms with E-state index in [1.807, 2.05) is 6.07 Å². The van der Waals surface area contributed by atoms with Crippen molar-refractivity contribution in [2.24, 2.45) is 0 Å². The largest absolute Gasteiger partial charge is 0.487 e. The monoisotopic (exact) mass is 281 g/mol. The van der Waals surface area contributed by atoms with Crippen molar-refractivity contribution in [1.29, 1.82) is 0 Å². The zero-order valence-electron chi connectivity index (χ0n) is 13.0. The van der Waals surface area contributed by atoms with Crippen LogP contribution in [0.2, 0.25) is 0 Å². The molecule has 0 aliphatic carbocycles. The van der Waals surface area contributed by atoms with E-state index in [1.54, 1.807) is 0 Å². The molecule has 1 aliphatic rings. The summed E-state index contributed by atoms with van der Waals surface area (Å²) >= 11 is 0. The van der Waals surface area contributed by atoms with E-state index in [2.05, 4.69) is 68.6 Å². The highest BCUT2D eigenvalue weighted by Crippen LogP contribution is 2.44. The second-order valence-corrected chi connectivity index (χ2v) is 6.27. The van der Waals surface area contributed by atoms with Gasteiger partial charge in [-0.05, 0) is 26.0 Å². The van der Waals surface area contributed by atoms with Gasteiger partial charge in [-0.1, -0.05) is 55.5 Å². The Morgan fingerprint density at radius 2 is 1.86 bits per heavy atom. The molecule has 3 rings (SSSR count). The summed E-state index contributed by atoms with van der Waals surface area (Å²) in [5, 5.41) is 3.59. The summed E-state index contributed by atoms with van der Waals surface area (Å²) in [7, 11) is 0. The maximum Gasteiger partial charge on any atom is 0.132 e. The van der Waals surface area contributed by atoms with Crippen LogP contribution in [0.15, 0.2) is 48.5 Å². The smallest absolute Gasteiger partial charge is 0.132 e. The first-order chi connectivity index (χ1) is 10.1. The molecule has 1 heterocycles. The molecule has 2 heteroatoms. The zero-order chi connectivity index (χ0) is 14.9. The molecule has 0 aromatic heterocycles. The maximum atomic E-state index is 6.34. The predicted molar refractivity (Wildman–Crippen MR) is 87.6 cm³/mol. The topological polar surface area (TPSA) is 21.3 Å². The molecule has 21 heavy (non-hydrogen) atoms. The van der Waals surface area contributed by atoms with E-state index in [4.69, 9.17) is 4.74 Å². The molecule has 110 valence electrons. The van der Waals surface area contributed by atoms with Gasteiger partial charge >= 0.3 is 0 Å². The lowest BCUT2D eigenvalue weighted by Crippen LogP contribution is -2.39. The van der Waals surface area contributed by atoms with Crippen LogP contribution in [0.3, 0.4) is 0 Å². The predicted octanol–water partition coefficient (Wildman–Crippen LogP) is 4.57. The van der Waals surface area contributed by atoms with Crippen molar-refractivity contribution in [2.75, 3.05) is 6.54 Å². The third-order valence-electron chi connectivity index (χ3n) is 4.03. The van der Waals surface area contributed by atoms with Crippen molar-refractivity contribution < 1.29 is 4.74 Å². The van der Waals surface area contributed by atoms with Crippen molar-refractivity contribution in [3.63, 3.8) is 0 Å². The second kappa shape index (κ2) is 5.53. The van der Waals surface area contributed by atoms with Crippen molar-refractivity contribution in [3.05, 3.63) is 54.1 Å². The second-order valence-electron chi connectivity index (χ2n) is 6.27. The van der Waals surface area contributed by atoms with Gasteiger partial charge in [-0.3, -0.25) is 0 Å². The Balaban J connectivity index is 2.12. The van der Waals surface area contributed by atoms with Crippen LogP contribution in [0, 0.1) is 0 Å². The van der Waals surface area contributed by atoms with Gasteiger partial charge in [-0.25, -0.2) is 0 Å². The van der Waals surface area contributed by atoms with Crippen LogP contribution in [0.5, 0.6) is 5.75 Å². The lowest BCUT2D eigenvalue weighted by atomic mass is 9.87. The Bertz CT molecular complexity index is 619. The SMILES string of the molecule is CCNC1CC(C)(C)Oc2c(-c3ccccc3)cccc21. The molecule has 1 N–H and O–H groups in total. The van der Waals surface area contributed by atoms with Crippen molar-refractivity contribution in [1.82, 2.24) is 5.32 Å². The fourth-order valence-corrected chi connectivity index (χ4v) is 3.14. The Morgan fingerprint density at radius 1 is 1.10 bits per heavy atom. The average molecular weight is 281 g/mol. The molecule has 1 unspecified atom stereocenters. The molecular formula is C19H23NO. The highest BCUT2D eigenvalue weighted by atomic mass is 16.5. The Hall–Kier alpha value is -1.80. The average Bonchev–Trinajstić information content (AvgIpc) is 2.47. The number of ether oxygens (including phenoxy) is 1. The number of para-hydroxylation sites is 1. The van der Waals surface area contributed by atoms with E-state index in [9.17, 15) is 0 Å². The Kier molecular flexibility index (Phi) is 3.73. The third kappa shape index (κ3) is 2.81. The Labute approximate surface area is 127 Å². The molecule has 2 nitrogen and oxygen atoms in total. The molecule has 0 radical (unpaired) electrons. The molecule has 1 atom stereocenters. The van der Waals surface area contributed by atoms with E-state index >= 15 is 0 Å². The molecule has 0 fully saturated rings. The van der Waals surface area contributed by atoms with Gasteiger partial charge in [-0.2, -0.15) is 0 Å². The molecule has 0 bridgehead atoms. The van der Waals surface area contributed by atoms with Crippen LogP contribution in [0.25, 0.3) is 11.1 Å². The van der Waals surface area contributed by atoms with Crippen molar-refractivity contribution >= 4 is 0 Å². The van der Waals surface area contributed by atoms with Crippen LogP contribution >= 0.6 is 0 Å². The van der Waals surface area contributed by atoms with E-state index < -0.39 is 0 Å². The minimum atomic E-state index is -0.148. The molecule has 0 saturated heterocycles. The molecule has 0 spiro atoms. The summed E-state index contributed by atoms with van der Waals surface area (Å²) in [4.78, 5) is 0. The summed E-state index contributed by atoms with van der Waals surface area (Å²) in [6.07, 6.45) is 0.992. The molecule has 2 aromatic rings. The summed E-state index contributed by atoms with van der Waals surface area (Å²) in [6.45, 7) is 7.46. The van der Waals surface area contributed by atoms with Gasteiger partial charge in [-0.15, -0.1) is 0 Å². The lowest BCUT2D eigenvalue weighted by Gasteiger charge is -2.39. The minimum Gasteiger partial charge on any atom is -0.487 e. The number of hydrogen-bond acceptors (Lipinski definition) is 2. The van der Waals surface area contributed by atoms with Gasteiger partial charge in [0.15, 0.2) is 0 Å². The first kappa shape index (κ1) is 14.2. The van der Waals surface area contributed by atoms with Gasteiger partial charge in [0.2, 0.25) is 0 Å². The maximum absolute atomic E-state index is 6.34. The van der Waals surface area contributed by atoms with E-state index in [0.29, 0.717) is 6.04 Å². The fourth-order valence-electron chi connectivity index (χ4n) is 3.14. The third-order valence-corrected chi connectivity index (χ3v) is 4.03. The number of rotatable bonds is 3. The zero-order valence-corrected chi connectivity index (χ0v) is 13.0. The highest BCUT2D eigenvalue weighted by molar-refractivity contribution is 5.73. The van der Waals surface area contributed by atoms with Crippen molar-refractivity contribution in [3.8, 4) is 16.9 Å². The van der Waals surface area contributed by atoms with E-state index in [1.165, 1.54) is 16.7 Å². The van der Waals surface area contributed by atoms with Crippen LogP contribution in [-0.4, -0.2) is 12.1 Å². The number of benzene rings is 2. The van der Waals surface area contributed by atoms with Crippen LogP contribution in [-0.2, 0) is 0 Å². The quantitative estimate of drug-likeness (QED) is 0.890. The summed E-state index contributed by atoms with van der Waals surface area (Å²) < 4.78 is 6.34. The highest BCUT2D eigenvalue weighted by Gasteiger charge is 2.34. The van der Waals surface area contributed by atoms with Gasteiger partial charge in [0, 0.05) is 23.6 Å². The summed E-state index contributed by atoms with van der Waals surface area (Å²) in [5.41, 5.74) is 3.52. The Morgan fingerprint density at radius 3 is 2.57 bits per heavy atom. The first-order valence-electron chi connectivity index (χ1n) is 7.71. The summed E-state index contributed by atoms with van der Waals surface area (Å²) in [6, 6.07) is 17.3. The number of nitrogens with one attached hydrogen (secondary N) is 1.